The number of rotatable bonds is 4. The van der Waals surface area contributed by atoms with E-state index in [2.05, 4.69) is 15.4 Å². The Morgan fingerprint density at radius 3 is 2.67 bits per heavy atom. The van der Waals surface area contributed by atoms with Gasteiger partial charge in [0, 0.05) is 34.6 Å². The first-order valence-corrected chi connectivity index (χ1v) is 9.55. The van der Waals surface area contributed by atoms with Crippen LogP contribution in [0.4, 0.5) is 5.69 Å². The Bertz CT molecular complexity index is 1320. The molecule has 0 saturated heterocycles. The zero-order chi connectivity index (χ0) is 20.5. The van der Waals surface area contributed by atoms with E-state index in [4.69, 9.17) is 0 Å². The van der Waals surface area contributed by atoms with E-state index < -0.39 is 0 Å². The van der Waals surface area contributed by atoms with E-state index in [1.54, 1.807) is 17.1 Å². The van der Waals surface area contributed by atoms with Crippen LogP contribution in [0.3, 0.4) is 0 Å². The van der Waals surface area contributed by atoms with E-state index >= 15 is 0 Å². The first-order chi connectivity index (χ1) is 14.7. The lowest BCUT2D eigenvalue weighted by Crippen LogP contribution is -2.03. The molecule has 3 heterocycles. The maximum atomic E-state index is 12.4. The molecule has 146 valence electrons. The fraction of sp³-hybridized carbons (Fsp3) is 0.0417. The highest BCUT2D eigenvalue weighted by Crippen LogP contribution is 2.33. The number of pyridine rings is 1. The summed E-state index contributed by atoms with van der Waals surface area (Å²) in [4.78, 5) is 16.4. The molecule has 0 spiro atoms. The Balaban J connectivity index is 1.55. The van der Waals surface area contributed by atoms with E-state index in [-0.39, 0.29) is 12.6 Å². The SMILES string of the molecule is O=C1Nc2ccccc2/C1=C\c1ccc2c(/C=C/c3ccncc3)nn(CO)c2c1. The van der Waals surface area contributed by atoms with Crippen LogP contribution in [0.1, 0.15) is 22.4 Å². The van der Waals surface area contributed by atoms with Gasteiger partial charge >= 0.3 is 0 Å². The third kappa shape index (κ3) is 3.19. The second-order valence-corrected chi connectivity index (χ2v) is 6.97. The zero-order valence-corrected chi connectivity index (χ0v) is 16.0. The van der Waals surface area contributed by atoms with Crippen LogP contribution in [0.2, 0.25) is 0 Å². The fourth-order valence-electron chi connectivity index (χ4n) is 3.64. The van der Waals surface area contributed by atoms with Crippen LogP contribution in [0.25, 0.3) is 34.7 Å². The van der Waals surface area contributed by atoms with Crippen LogP contribution in [0.15, 0.2) is 67.0 Å². The van der Waals surface area contributed by atoms with Gasteiger partial charge in [0.05, 0.1) is 11.2 Å². The second-order valence-electron chi connectivity index (χ2n) is 6.97. The van der Waals surface area contributed by atoms with Crippen molar-refractivity contribution in [2.24, 2.45) is 0 Å². The van der Waals surface area contributed by atoms with Crippen molar-refractivity contribution in [3.63, 3.8) is 0 Å². The average Bonchev–Trinajstić information content (AvgIpc) is 3.30. The molecule has 0 atom stereocenters. The normalized spacial score (nSPS) is 14.6. The van der Waals surface area contributed by atoms with Gasteiger partial charge in [-0.2, -0.15) is 5.10 Å². The molecule has 2 aromatic carbocycles. The number of hydrogen-bond acceptors (Lipinski definition) is 4. The molecule has 2 N–H and O–H groups in total. The van der Waals surface area contributed by atoms with Gasteiger partial charge in [0.2, 0.25) is 0 Å². The van der Waals surface area contributed by atoms with Gasteiger partial charge in [-0.05, 0) is 53.6 Å². The number of fused-ring (bicyclic) bond motifs is 2. The van der Waals surface area contributed by atoms with E-state index in [1.807, 2.05) is 72.8 Å². The quantitative estimate of drug-likeness (QED) is 0.512. The largest absolute Gasteiger partial charge is 0.374 e. The number of benzene rings is 2. The number of aliphatic hydroxyl groups is 1. The summed E-state index contributed by atoms with van der Waals surface area (Å²) in [6, 6.07) is 17.3. The first kappa shape index (κ1) is 18.0. The lowest BCUT2D eigenvalue weighted by molar-refractivity contribution is -0.110. The monoisotopic (exact) mass is 394 g/mol. The van der Waals surface area contributed by atoms with E-state index in [0.717, 1.165) is 39.0 Å². The molecule has 0 bridgehead atoms. The lowest BCUT2D eigenvalue weighted by atomic mass is 10.0. The molecule has 30 heavy (non-hydrogen) atoms. The number of carbonyl (C=O) groups excluding carboxylic acids is 1. The Morgan fingerprint density at radius 1 is 1.00 bits per heavy atom. The van der Waals surface area contributed by atoms with Crippen LogP contribution in [0, 0.1) is 0 Å². The van der Waals surface area contributed by atoms with Crippen molar-refractivity contribution in [3.05, 3.63) is 89.4 Å². The maximum absolute atomic E-state index is 12.4. The van der Waals surface area contributed by atoms with Crippen LogP contribution in [0.5, 0.6) is 0 Å². The van der Waals surface area contributed by atoms with Crippen molar-refractivity contribution < 1.29 is 9.90 Å². The van der Waals surface area contributed by atoms with Gasteiger partial charge in [-0.1, -0.05) is 30.3 Å². The molecule has 0 aliphatic carbocycles. The number of carbonyl (C=O) groups is 1. The molecule has 5 rings (SSSR count). The molecule has 1 amide bonds. The Hall–Kier alpha value is -4.03. The van der Waals surface area contributed by atoms with Gasteiger partial charge < -0.3 is 10.4 Å². The van der Waals surface area contributed by atoms with Gasteiger partial charge in [-0.15, -0.1) is 0 Å². The predicted molar refractivity (Wildman–Crippen MR) is 118 cm³/mol. The lowest BCUT2D eigenvalue weighted by Gasteiger charge is -2.01. The number of para-hydroxylation sites is 1. The smallest absolute Gasteiger partial charge is 0.256 e. The zero-order valence-electron chi connectivity index (χ0n) is 16.0. The van der Waals surface area contributed by atoms with Crippen LogP contribution >= 0.6 is 0 Å². The van der Waals surface area contributed by atoms with Crippen LogP contribution in [-0.2, 0) is 11.5 Å². The number of aliphatic hydroxyl groups excluding tert-OH is 1. The van der Waals surface area contributed by atoms with E-state index in [1.165, 1.54) is 0 Å². The minimum Gasteiger partial charge on any atom is -0.374 e. The van der Waals surface area contributed by atoms with Crippen molar-refractivity contribution in [2.45, 2.75) is 6.73 Å². The standard InChI is InChI=1S/C24H18N4O2/c29-15-28-23-14-17(13-20-18-3-1-2-4-21(18)26-24(20)30)5-7-19(23)22(27-28)8-6-16-9-11-25-12-10-16/h1-14,29H,15H2,(H,26,30)/b8-6+,20-13+. The molecule has 6 heteroatoms. The summed E-state index contributed by atoms with van der Waals surface area (Å²) in [5.41, 5.74) is 5.77. The molecular weight excluding hydrogens is 376 g/mol. The highest BCUT2D eigenvalue weighted by atomic mass is 16.3. The predicted octanol–water partition coefficient (Wildman–Crippen LogP) is 4.04. The molecule has 0 unspecified atom stereocenters. The molecule has 0 saturated carbocycles. The summed E-state index contributed by atoms with van der Waals surface area (Å²) in [5.74, 6) is -0.118. The van der Waals surface area contributed by atoms with E-state index in [0.29, 0.717) is 5.57 Å². The number of hydrogen-bond donors (Lipinski definition) is 2. The highest BCUT2D eigenvalue weighted by Gasteiger charge is 2.23. The number of anilines is 1. The molecule has 6 nitrogen and oxygen atoms in total. The number of aromatic nitrogens is 3. The summed E-state index contributed by atoms with van der Waals surface area (Å²) >= 11 is 0. The third-order valence-electron chi connectivity index (χ3n) is 5.10. The van der Waals surface area contributed by atoms with Crippen LogP contribution < -0.4 is 5.32 Å². The summed E-state index contributed by atoms with van der Waals surface area (Å²) < 4.78 is 1.55. The first-order valence-electron chi connectivity index (χ1n) is 9.55. The second kappa shape index (κ2) is 7.42. The van der Waals surface area contributed by atoms with Gasteiger partial charge in [0.1, 0.15) is 6.73 Å². The molecular formula is C24H18N4O2. The molecule has 1 aliphatic rings. The fourth-order valence-corrected chi connectivity index (χ4v) is 3.64. The van der Waals surface area contributed by atoms with Crippen molar-refractivity contribution >= 4 is 46.3 Å². The molecule has 1 aliphatic heterocycles. The molecule has 4 aromatic rings. The molecule has 2 aromatic heterocycles. The topological polar surface area (TPSA) is 80.0 Å². The summed E-state index contributed by atoms with van der Waals surface area (Å²) in [6.07, 6.45) is 9.22. The molecule has 0 fully saturated rings. The summed E-state index contributed by atoms with van der Waals surface area (Å²) in [5, 5.41) is 18.1. The maximum Gasteiger partial charge on any atom is 0.256 e. The van der Waals surface area contributed by atoms with Gasteiger partial charge in [-0.25, -0.2) is 4.68 Å². The highest BCUT2D eigenvalue weighted by molar-refractivity contribution is 6.34. The number of nitrogens with one attached hydrogen (secondary N) is 1. The third-order valence-corrected chi connectivity index (χ3v) is 5.10. The Kier molecular flexibility index (Phi) is 4.46. The van der Waals surface area contributed by atoms with Gasteiger partial charge in [0.25, 0.3) is 5.91 Å². The van der Waals surface area contributed by atoms with Gasteiger partial charge in [-0.3, -0.25) is 9.78 Å². The van der Waals surface area contributed by atoms with E-state index in [9.17, 15) is 9.90 Å². The minimum absolute atomic E-state index is 0.118. The molecule has 0 radical (unpaired) electrons. The summed E-state index contributed by atoms with van der Waals surface area (Å²) in [7, 11) is 0. The van der Waals surface area contributed by atoms with Crippen molar-refractivity contribution in [2.75, 3.05) is 5.32 Å². The van der Waals surface area contributed by atoms with Crippen molar-refractivity contribution in [1.82, 2.24) is 14.8 Å². The van der Waals surface area contributed by atoms with Crippen molar-refractivity contribution in [3.8, 4) is 0 Å². The van der Waals surface area contributed by atoms with Crippen molar-refractivity contribution in [1.29, 1.82) is 0 Å². The Morgan fingerprint density at radius 2 is 1.83 bits per heavy atom. The minimum atomic E-state index is -0.233. The van der Waals surface area contributed by atoms with Gasteiger partial charge in [0.15, 0.2) is 0 Å². The summed E-state index contributed by atoms with van der Waals surface area (Å²) in [6.45, 7) is -0.233. The number of amides is 1. The average molecular weight is 394 g/mol. The Labute approximate surface area is 172 Å². The number of nitrogens with zero attached hydrogens (tertiary/aromatic N) is 3. The van der Waals surface area contributed by atoms with Crippen LogP contribution in [-0.4, -0.2) is 25.8 Å².